The summed E-state index contributed by atoms with van der Waals surface area (Å²) in [6.07, 6.45) is 0.910. The third-order valence-electron chi connectivity index (χ3n) is 3.24. The number of carbonyl (C=O) groups excluding carboxylic acids is 2. The molecule has 1 aliphatic heterocycles. The Morgan fingerprint density at radius 3 is 2.59 bits per heavy atom. The fourth-order valence-electron chi connectivity index (χ4n) is 1.83. The fourth-order valence-corrected chi connectivity index (χ4v) is 1.83. The van der Waals surface area contributed by atoms with Gasteiger partial charge in [0.1, 0.15) is 0 Å². The van der Waals surface area contributed by atoms with E-state index in [2.05, 4.69) is 10.6 Å². The van der Waals surface area contributed by atoms with E-state index in [-0.39, 0.29) is 24.3 Å². The zero-order valence-corrected chi connectivity index (χ0v) is 11.0. The lowest BCUT2D eigenvalue weighted by Crippen LogP contribution is -2.51. The molecule has 2 N–H and O–H groups in total. The summed E-state index contributed by atoms with van der Waals surface area (Å²) >= 11 is 0. The molecule has 1 fully saturated rings. The molecule has 5 nitrogen and oxygen atoms in total. The highest BCUT2D eigenvalue weighted by Crippen LogP contribution is 2.17. The first kappa shape index (κ1) is 14.0. The molecule has 17 heavy (non-hydrogen) atoms. The van der Waals surface area contributed by atoms with Crippen LogP contribution in [0.4, 0.5) is 0 Å². The van der Waals surface area contributed by atoms with E-state index in [1.807, 2.05) is 13.8 Å². The van der Waals surface area contributed by atoms with Crippen molar-refractivity contribution < 1.29 is 9.59 Å². The predicted octanol–water partition coefficient (Wildman–Crippen LogP) is -0.173. The Balaban J connectivity index is 2.32. The molecule has 1 aliphatic rings. The fraction of sp³-hybridized carbons (Fsp3) is 0.833. The van der Waals surface area contributed by atoms with Crippen LogP contribution >= 0.6 is 0 Å². The van der Waals surface area contributed by atoms with E-state index in [1.165, 1.54) is 4.90 Å². The van der Waals surface area contributed by atoms with Crippen LogP contribution in [0.1, 0.15) is 20.3 Å². The zero-order valence-electron chi connectivity index (χ0n) is 11.0. The second kappa shape index (κ2) is 6.59. The van der Waals surface area contributed by atoms with E-state index >= 15 is 0 Å². The zero-order chi connectivity index (χ0) is 12.8. The summed E-state index contributed by atoms with van der Waals surface area (Å²) in [6.45, 7) is 6.58. The second-order valence-corrected chi connectivity index (χ2v) is 4.75. The minimum absolute atomic E-state index is 0.000208. The van der Waals surface area contributed by atoms with E-state index in [9.17, 15) is 9.59 Å². The Labute approximate surface area is 103 Å². The molecule has 0 aromatic heterocycles. The normalized spacial score (nSPS) is 17.1. The van der Waals surface area contributed by atoms with E-state index in [0.717, 1.165) is 19.5 Å². The molecule has 1 unspecified atom stereocenters. The van der Waals surface area contributed by atoms with Crippen LogP contribution in [-0.2, 0) is 9.59 Å². The molecule has 1 rings (SSSR count). The van der Waals surface area contributed by atoms with Crippen LogP contribution in [0.5, 0.6) is 0 Å². The van der Waals surface area contributed by atoms with Gasteiger partial charge in [-0.15, -0.1) is 0 Å². The molecule has 98 valence electrons. The molecule has 0 radical (unpaired) electrons. The number of likely N-dealkylation sites (N-methyl/N-ethyl adjacent to an activating group) is 1. The first-order valence-corrected chi connectivity index (χ1v) is 6.28. The van der Waals surface area contributed by atoms with Gasteiger partial charge in [-0.2, -0.15) is 0 Å². The SMILES string of the molecule is CCCNC(=O)CN(C)C(=O)C(C)C1CNC1. The summed E-state index contributed by atoms with van der Waals surface area (Å²) in [5.74, 6) is 0.397. The molecule has 0 saturated carbocycles. The van der Waals surface area contributed by atoms with Crippen molar-refractivity contribution in [3.8, 4) is 0 Å². The number of nitrogens with one attached hydrogen (secondary N) is 2. The average molecular weight is 241 g/mol. The average Bonchev–Trinajstić information content (AvgIpc) is 2.22. The lowest BCUT2D eigenvalue weighted by molar-refractivity contribution is -0.139. The number of nitrogens with zero attached hydrogens (tertiary/aromatic N) is 1. The Morgan fingerprint density at radius 1 is 1.47 bits per heavy atom. The maximum absolute atomic E-state index is 12.0. The molecule has 0 spiro atoms. The number of amides is 2. The van der Waals surface area contributed by atoms with Gasteiger partial charge in [0.25, 0.3) is 0 Å². The van der Waals surface area contributed by atoms with Gasteiger partial charge in [-0.1, -0.05) is 13.8 Å². The predicted molar refractivity (Wildman–Crippen MR) is 66.5 cm³/mol. The van der Waals surface area contributed by atoms with Crippen LogP contribution < -0.4 is 10.6 Å². The van der Waals surface area contributed by atoms with E-state index in [4.69, 9.17) is 0 Å². The lowest BCUT2D eigenvalue weighted by atomic mass is 9.88. The minimum Gasteiger partial charge on any atom is -0.355 e. The monoisotopic (exact) mass is 241 g/mol. The first-order valence-electron chi connectivity index (χ1n) is 6.28. The van der Waals surface area contributed by atoms with Gasteiger partial charge < -0.3 is 15.5 Å². The highest BCUT2D eigenvalue weighted by molar-refractivity contribution is 5.85. The van der Waals surface area contributed by atoms with Crippen LogP contribution in [-0.4, -0.2) is 49.9 Å². The highest BCUT2D eigenvalue weighted by Gasteiger charge is 2.30. The first-order chi connectivity index (χ1) is 8.06. The molecule has 0 bridgehead atoms. The molecule has 2 amide bonds. The third-order valence-corrected chi connectivity index (χ3v) is 3.24. The summed E-state index contributed by atoms with van der Waals surface area (Å²) < 4.78 is 0. The molecule has 0 aliphatic carbocycles. The Kier molecular flexibility index (Phi) is 5.41. The molecule has 0 aromatic rings. The van der Waals surface area contributed by atoms with E-state index < -0.39 is 0 Å². The van der Waals surface area contributed by atoms with Crippen LogP contribution in [0.25, 0.3) is 0 Å². The van der Waals surface area contributed by atoms with Gasteiger partial charge in [0.15, 0.2) is 0 Å². The van der Waals surface area contributed by atoms with Gasteiger partial charge in [-0.25, -0.2) is 0 Å². The third kappa shape index (κ3) is 4.00. The summed E-state index contributed by atoms with van der Waals surface area (Å²) in [4.78, 5) is 25.0. The number of rotatable bonds is 6. The van der Waals surface area contributed by atoms with Gasteiger partial charge in [0.2, 0.25) is 11.8 Å². The van der Waals surface area contributed by atoms with Crippen LogP contribution in [0.15, 0.2) is 0 Å². The van der Waals surface area contributed by atoms with E-state index in [0.29, 0.717) is 12.5 Å². The topological polar surface area (TPSA) is 61.4 Å². The van der Waals surface area contributed by atoms with Crippen LogP contribution in [0, 0.1) is 11.8 Å². The summed E-state index contributed by atoms with van der Waals surface area (Å²) in [5, 5.41) is 5.92. The number of hydrogen-bond donors (Lipinski definition) is 2. The highest BCUT2D eigenvalue weighted by atomic mass is 16.2. The molecule has 0 aromatic carbocycles. The van der Waals surface area contributed by atoms with Crippen molar-refractivity contribution in [2.45, 2.75) is 20.3 Å². The largest absolute Gasteiger partial charge is 0.355 e. The van der Waals surface area contributed by atoms with Crippen molar-refractivity contribution in [2.24, 2.45) is 11.8 Å². The maximum Gasteiger partial charge on any atom is 0.239 e. The second-order valence-electron chi connectivity index (χ2n) is 4.75. The van der Waals surface area contributed by atoms with Gasteiger partial charge in [0, 0.05) is 19.5 Å². The van der Waals surface area contributed by atoms with Crippen molar-refractivity contribution in [2.75, 3.05) is 33.2 Å². The summed E-state index contributed by atoms with van der Waals surface area (Å²) in [7, 11) is 1.69. The quantitative estimate of drug-likeness (QED) is 0.678. The Bertz CT molecular complexity index is 277. The molecule has 1 heterocycles. The van der Waals surface area contributed by atoms with Crippen molar-refractivity contribution in [3.63, 3.8) is 0 Å². The number of carbonyl (C=O) groups is 2. The van der Waals surface area contributed by atoms with Gasteiger partial charge in [-0.05, 0) is 25.4 Å². The Hall–Kier alpha value is -1.10. The molecule has 1 atom stereocenters. The van der Waals surface area contributed by atoms with Gasteiger partial charge >= 0.3 is 0 Å². The van der Waals surface area contributed by atoms with Crippen molar-refractivity contribution in [1.29, 1.82) is 0 Å². The van der Waals surface area contributed by atoms with Crippen molar-refractivity contribution in [3.05, 3.63) is 0 Å². The van der Waals surface area contributed by atoms with E-state index in [1.54, 1.807) is 7.05 Å². The summed E-state index contributed by atoms with van der Waals surface area (Å²) in [5.41, 5.74) is 0. The van der Waals surface area contributed by atoms with Crippen LogP contribution in [0.3, 0.4) is 0 Å². The van der Waals surface area contributed by atoms with Crippen LogP contribution in [0.2, 0.25) is 0 Å². The molecule has 5 heteroatoms. The molecule has 1 saturated heterocycles. The maximum atomic E-state index is 12.0. The van der Waals surface area contributed by atoms with Gasteiger partial charge in [0.05, 0.1) is 6.54 Å². The molecular weight excluding hydrogens is 218 g/mol. The summed E-state index contributed by atoms with van der Waals surface area (Å²) in [6, 6.07) is 0. The van der Waals surface area contributed by atoms with Gasteiger partial charge in [-0.3, -0.25) is 9.59 Å². The van der Waals surface area contributed by atoms with Crippen molar-refractivity contribution in [1.82, 2.24) is 15.5 Å². The van der Waals surface area contributed by atoms with Crippen molar-refractivity contribution >= 4 is 11.8 Å². The standard InChI is InChI=1S/C12H23N3O2/c1-4-5-14-11(16)8-15(3)12(17)9(2)10-6-13-7-10/h9-10,13H,4-8H2,1-3H3,(H,14,16). The number of hydrogen-bond acceptors (Lipinski definition) is 3. The minimum atomic E-state index is -0.0818. The molecular formula is C12H23N3O2. The Morgan fingerprint density at radius 2 is 2.12 bits per heavy atom. The lowest BCUT2D eigenvalue weighted by Gasteiger charge is -2.33. The smallest absolute Gasteiger partial charge is 0.239 e.